The lowest BCUT2D eigenvalue weighted by Crippen LogP contribution is -2.49. The van der Waals surface area contributed by atoms with Crippen LogP contribution in [0.3, 0.4) is 0 Å². The number of piperidine rings is 1. The van der Waals surface area contributed by atoms with Crippen molar-refractivity contribution >= 4 is 27.5 Å². The summed E-state index contributed by atoms with van der Waals surface area (Å²) in [6, 6.07) is 28.7. The molecule has 4 N–H and O–H groups in total. The van der Waals surface area contributed by atoms with Gasteiger partial charge in [-0.2, -0.15) is 0 Å². The van der Waals surface area contributed by atoms with Crippen LogP contribution in [0.25, 0.3) is 0 Å². The molecule has 2 amide bonds. The summed E-state index contributed by atoms with van der Waals surface area (Å²) in [4.78, 5) is 29.9. The Hall–Kier alpha value is -4.62. The Kier molecular flexibility index (Phi) is 13.8. The number of nitrogens with one attached hydrogen (secondary N) is 3. The zero-order chi connectivity index (χ0) is 38.0. The molecule has 1 aliphatic rings. The first kappa shape index (κ1) is 39.6. The van der Waals surface area contributed by atoms with E-state index in [0.29, 0.717) is 17.9 Å². The van der Waals surface area contributed by atoms with Gasteiger partial charge in [0.1, 0.15) is 5.82 Å². The average molecular weight is 744 g/mol. The monoisotopic (exact) mass is 743 g/mol. The molecule has 12 heteroatoms. The number of sulfonamides is 1. The van der Waals surface area contributed by atoms with Gasteiger partial charge in [0, 0.05) is 31.3 Å². The van der Waals surface area contributed by atoms with Gasteiger partial charge in [0.25, 0.3) is 11.8 Å². The highest BCUT2D eigenvalue weighted by molar-refractivity contribution is 7.92. The van der Waals surface area contributed by atoms with Crippen LogP contribution in [-0.4, -0.2) is 81.9 Å². The number of amides is 2. The SMILES string of the molecule is C[C@@H](NC(=O)c1cc(C(=O)N[C@@H](Cc2ccccc2)[C@H](O)CNCC2CCN(Cc3ccccc3)CC2)cc(N(C)S(C)(=O)=O)c1)c1ccc(F)cc1. The van der Waals surface area contributed by atoms with Crippen LogP contribution in [0, 0.1) is 11.7 Å². The lowest BCUT2D eigenvalue weighted by atomic mass is 9.96. The summed E-state index contributed by atoms with van der Waals surface area (Å²) in [5.74, 6) is -1.04. The molecule has 4 aromatic rings. The zero-order valence-corrected chi connectivity index (χ0v) is 31.4. The van der Waals surface area contributed by atoms with Crippen molar-refractivity contribution in [3.05, 3.63) is 137 Å². The van der Waals surface area contributed by atoms with E-state index in [2.05, 4.69) is 45.1 Å². The maximum absolute atomic E-state index is 13.9. The number of hydrogen-bond acceptors (Lipinski definition) is 7. The molecule has 1 saturated heterocycles. The molecule has 0 aliphatic carbocycles. The van der Waals surface area contributed by atoms with Crippen molar-refractivity contribution in [2.75, 3.05) is 43.8 Å². The molecule has 0 unspecified atom stereocenters. The topological polar surface area (TPSA) is 131 Å². The Morgan fingerprint density at radius 2 is 1.43 bits per heavy atom. The van der Waals surface area contributed by atoms with Gasteiger partial charge in [0.15, 0.2) is 0 Å². The Morgan fingerprint density at radius 1 is 0.868 bits per heavy atom. The number of rotatable bonds is 16. The molecule has 0 saturated carbocycles. The van der Waals surface area contributed by atoms with Crippen molar-refractivity contribution in [2.45, 2.75) is 50.9 Å². The van der Waals surface area contributed by atoms with E-state index in [1.54, 1.807) is 19.1 Å². The number of anilines is 1. The number of carbonyl (C=O) groups is 2. The van der Waals surface area contributed by atoms with Crippen molar-refractivity contribution < 1.29 is 27.5 Å². The van der Waals surface area contributed by atoms with Crippen LogP contribution in [0.4, 0.5) is 10.1 Å². The molecule has 5 rings (SSSR count). The third kappa shape index (κ3) is 11.7. The summed E-state index contributed by atoms with van der Waals surface area (Å²) in [6.07, 6.45) is 2.54. The number of likely N-dealkylation sites (tertiary alicyclic amines) is 1. The van der Waals surface area contributed by atoms with Gasteiger partial charge in [-0.25, -0.2) is 12.8 Å². The molecule has 53 heavy (non-hydrogen) atoms. The molecular formula is C41H50FN5O5S. The standard InChI is InChI=1S/C41H50FN5O5S/c1-29(33-14-16-36(42)17-15-33)44-40(49)34-23-35(25-37(24-34)46(2)53(3,51)52)41(50)45-38(22-30-10-6-4-7-11-30)39(48)27-43-26-31-18-20-47(21-19-31)28-32-12-8-5-9-13-32/h4-17,23-25,29,31,38-39,43,48H,18-22,26-28H2,1-3H3,(H,44,49)(H,45,50)/t29-,38+,39-/m1/s1. The number of hydrogen-bond donors (Lipinski definition) is 4. The van der Waals surface area contributed by atoms with Crippen LogP contribution in [0.5, 0.6) is 0 Å². The van der Waals surface area contributed by atoms with Crippen molar-refractivity contribution in [1.29, 1.82) is 0 Å². The molecule has 0 spiro atoms. The van der Waals surface area contributed by atoms with Gasteiger partial charge in [-0.3, -0.25) is 18.8 Å². The van der Waals surface area contributed by atoms with Crippen molar-refractivity contribution in [3.63, 3.8) is 0 Å². The smallest absolute Gasteiger partial charge is 0.251 e. The number of carbonyl (C=O) groups excluding carboxylic acids is 2. The predicted molar refractivity (Wildman–Crippen MR) is 207 cm³/mol. The first-order valence-electron chi connectivity index (χ1n) is 18.0. The Balaban J connectivity index is 1.27. The number of benzene rings is 4. The number of aliphatic hydroxyl groups is 1. The molecule has 3 atom stereocenters. The van der Waals surface area contributed by atoms with Gasteiger partial charge in [0.05, 0.1) is 30.1 Å². The summed E-state index contributed by atoms with van der Waals surface area (Å²) in [6.45, 7) is 5.70. The first-order valence-corrected chi connectivity index (χ1v) is 19.9. The Labute approximate surface area is 312 Å². The van der Waals surface area contributed by atoms with E-state index in [1.165, 1.54) is 42.9 Å². The minimum atomic E-state index is -3.74. The van der Waals surface area contributed by atoms with Gasteiger partial charge in [-0.1, -0.05) is 72.8 Å². The average Bonchev–Trinajstić information content (AvgIpc) is 3.15. The van der Waals surface area contributed by atoms with Crippen LogP contribution in [-0.2, 0) is 23.0 Å². The van der Waals surface area contributed by atoms with Crippen LogP contribution in [0.1, 0.15) is 63.2 Å². The Bertz CT molecular complexity index is 1910. The second kappa shape index (κ2) is 18.4. The van der Waals surface area contributed by atoms with Crippen LogP contribution in [0.2, 0.25) is 0 Å². The number of nitrogens with zero attached hydrogens (tertiary/aromatic N) is 2. The highest BCUT2D eigenvalue weighted by Gasteiger charge is 2.26. The van der Waals surface area contributed by atoms with E-state index in [1.807, 2.05) is 36.4 Å². The van der Waals surface area contributed by atoms with Crippen LogP contribution in [0.15, 0.2) is 103 Å². The third-order valence-electron chi connectivity index (χ3n) is 9.84. The zero-order valence-electron chi connectivity index (χ0n) is 30.5. The predicted octanol–water partition coefficient (Wildman–Crippen LogP) is 4.92. The van der Waals surface area contributed by atoms with Crippen LogP contribution >= 0.6 is 0 Å². The lowest BCUT2D eigenvalue weighted by Gasteiger charge is -2.32. The summed E-state index contributed by atoms with van der Waals surface area (Å²) in [5, 5.41) is 20.7. The first-order chi connectivity index (χ1) is 25.4. The summed E-state index contributed by atoms with van der Waals surface area (Å²) in [5.41, 5.74) is 3.14. The molecule has 1 heterocycles. The van der Waals surface area contributed by atoms with E-state index < -0.39 is 45.8 Å². The van der Waals surface area contributed by atoms with Gasteiger partial charge < -0.3 is 21.1 Å². The van der Waals surface area contributed by atoms with Gasteiger partial charge in [-0.05, 0) is 98.8 Å². The summed E-state index contributed by atoms with van der Waals surface area (Å²) in [7, 11) is -2.40. The molecule has 0 bridgehead atoms. The second-order valence-corrected chi connectivity index (χ2v) is 16.0. The molecule has 4 aromatic carbocycles. The summed E-state index contributed by atoms with van der Waals surface area (Å²) < 4.78 is 39.5. The third-order valence-corrected chi connectivity index (χ3v) is 11.0. The highest BCUT2D eigenvalue weighted by Crippen LogP contribution is 2.23. The van der Waals surface area contributed by atoms with Gasteiger partial charge in [0.2, 0.25) is 10.0 Å². The van der Waals surface area contributed by atoms with Crippen molar-refractivity contribution in [2.24, 2.45) is 5.92 Å². The van der Waals surface area contributed by atoms with E-state index >= 15 is 0 Å². The van der Waals surface area contributed by atoms with E-state index in [-0.39, 0.29) is 23.4 Å². The second-order valence-electron chi connectivity index (χ2n) is 13.9. The molecule has 0 aromatic heterocycles. The quantitative estimate of drug-likeness (QED) is 0.128. The molecule has 0 radical (unpaired) electrons. The van der Waals surface area contributed by atoms with E-state index in [9.17, 15) is 27.5 Å². The minimum Gasteiger partial charge on any atom is -0.390 e. The van der Waals surface area contributed by atoms with Crippen LogP contribution < -0.4 is 20.3 Å². The maximum Gasteiger partial charge on any atom is 0.251 e. The molecule has 1 fully saturated rings. The Morgan fingerprint density at radius 3 is 2.02 bits per heavy atom. The number of aliphatic hydroxyl groups excluding tert-OH is 1. The van der Waals surface area contributed by atoms with Gasteiger partial charge >= 0.3 is 0 Å². The fourth-order valence-corrected chi connectivity index (χ4v) is 7.02. The van der Waals surface area contributed by atoms with E-state index in [4.69, 9.17) is 0 Å². The van der Waals surface area contributed by atoms with Crippen molar-refractivity contribution in [1.82, 2.24) is 20.9 Å². The van der Waals surface area contributed by atoms with E-state index in [0.717, 1.165) is 55.1 Å². The summed E-state index contributed by atoms with van der Waals surface area (Å²) >= 11 is 0. The molecule has 10 nitrogen and oxygen atoms in total. The lowest BCUT2D eigenvalue weighted by molar-refractivity contribution is 0.0824. The maximum atomic E-state index is 13.9. The number of halogens is 1. The normalized spacial score (nSPS) is 15.6. The van der Waals surface area contributed by atoms with Gasteiger partial charge in [-0.15, -0.1) is 0 Å². The fraction of sp³-hybridized carbons (Fsp3) is 0.366. The minimum absolute atomic E-state index is 0.0538. The molecule has 282 valence electrons. The highest BCUT2D eigenvalue weighted by atomic mass is 32.2. The van der Waals surface area contributed by atoms with Crippen molar-refractivity contribution in [3.8, 4) is 0 Å². The molecule has 1 aliphatic heterocycles. The molecular weight excluding hydrogens is 694 g/mol. The fourth-order valence-electron chi connectivity index (χ4n) is 6.53. The largest absolute Gasteiger partial charge is 0.390 e.